The second-order valence-electron chi connectivity index (χ2n) is 4.28. The minimum Gasteiger partial charge on any atom is -0.384 e. The quantitative estimate of drug-likeness (QED) is 0.716. The van der Waals surface area contributed by atoms with Gasteiger partial charge in [-0.3, -0.25) is 0 Å². The standard InChI is InChI=1S/C7H11N3.C7H7N3/c2*1-5-2-7(9)10-4-6(5)3-8/h2,4H,3,8H2,1H3,(H2,9,10);2,4H,1H3,(H2,9,10). The van der Waals surface area contributed by atoms with Crippen molar-refractivity contribution >= 4 is 11.6 Å². The molecule has 0 aliphatic rings. The first kappa shape index (κ1) is 15.4. The van der Waals surface area contributed by atoms with E-state index in [4.69, 9.17) is 22.5 Å². The third-order valence-electron chi connectivity index (χ3n) is 2.71. The molecule has 2 rings (SSSR count). The summed E-state index contributed by atoms with van der Waals surface area (Å²) in [5.74, 6) is 1.01. The Kier molecular flexibility index (Phi) is 5.44. The Balaban J connectivity index is 0.000000200. The maximum Gasteiger partial charge on any atom is 0.123 e. The molecule has 0 saturated heterocycles. The monoisotopic (exact) mass is 270 g/mol. The van der Waals surface area contributed by atoms with Crippen molar-refractivity contribution < 1.29 is 0 Å². The highest BCUT2D eigenvalue weighted by Gasteiger charge is 1.96. The molecule has 0 aliphatic carbocycles. The van der Waals surface area contributed by atoms with Crippen molar-refractivity contribution in [2.45, 2.75) is 20.4 Å². The number of hydrogen-bond acceptors (Lipinski definition) is 6. The summed E-state index contributed by atoms with van der Waals surface area (Å²) in [4.78, 5) is 7.67. The van der Waals surface area contributed by atoms with Gasteiger partial charge in [0.05, 0.1) is 5.56 Å². The van der Waals surface area contributed by atoms with E-state index in [1.54, 1.807) is 12.3 Å². The molecule has 2 heterocycles. The van der Waals surface area contributed by atoms with E-state index in [0.29, 0.717) is 23.7 Å². The summed E-state index contributed by atoms with van der Waals surface area (Å²) in [6.45, 7) is 4.33. The summed E-state index contributed by atoms with van der Waals surface area (Å²) < 4.78 is 0. The van der Waals surface area contributed by atoms with Crippen LogP contribution in [-0.2, 0) is 6.54 Å². The highest BCUT2D eigenvalue weighted by Crippen LogP contribution is 2.07. The lowest BCUT2D eigenvalue weighted by Gasteiger charge is -2.01. The molecule has 6 N–H and O–H groups in total. The number of pyridine rings is 2. The van der Waals surface area contributed by atoms with Gasteiger partial charge < -0.3 is 17.2 Å². The van der Waals surface area contributed by atoms with E-state index < -0.39 is 0 Å². The molecule has 0 saturated carbocycles. The highest BCUT2D eigenvalue weighted by atomic mass is 14.8. The van der Waals surface area contributed by atoms with Gasteiger partial charge >= 0.3 is 0 Å². The molecule has 2 aromatic heterocycles. The van der Waals surface area contributed by atoms with Gasteiger partial charge in [0.15, 0.2) is 0 Å². The van der Waals surface area contributed by atoms with E-state index in [1.165, 1.54) is 6.20 Å². The van der Waals surface area contributed by atoms with Crippen LogP contribution < -0.4 is 17.2 Å². The van der Waals surface area contributed by atoms with Gasteiger partial charge in [-0.2, -0.15) is 5.26 Å². The molecular formula is C14H18N6. The van der Waals surface area contributed by atoms with Crippen molar-refractivity contribution in [3.8, 4) is 6.07 Å². The number of nitrogens with two attached hydrogens (primary N) is 3. The van der Waals surface area contributed by atoms with Crippen LogP contribution in [0.4, 0.5) is 11.6 Å². The number of nitrogens with zero attached hydrogens (tertiary/aromatic N) is 3. The van der Waals surface area contributed by atoms with Gasteiger partial charge in [-0.25, -0.2) is 9.97 Å². The fraction of sp³-hybridized carbons (Fsp3) is 0.214. The first-order valence-electron chi connectivity index (χ1n) is 6.01. The van der Waals surface area contributed by atoms with E-state index in [1.807, 2.05) is 26.0 Å². The average molecular weight is 270 g/mol. The summed E-state index contributed by atoms with van der Waals surface area (Å²) in [6, 6.07) is 5.51. The SMILES string of the molecule is Cc1cc(N)ncc1C#N.Cc1cc(N)ncc1CN. The van der Waals surface area contributed by atoms with Crippen molar-refractivity contribution in [1.82, 2.24) is 9.97 Å². The number of nitrogen functional groups attached to an aromatic ring is 2. The Morgan fingerprint density at radius 1 is 1.05 bits per heavy atom. The molecule has 6 nitrogen and oxygen atoms in total. The molecular weight excluding hydrogens is 252 g/mol. The third-order valence-corrected chi connectivity index (χ3v) is 2.71. The number of rotatable bonds is 1. The summed E-state index contributed by atoms with van der Waals surface area (Å²) in [6.07, 6.45) is 3.19. The van der Waals surface area contributed by atoms with Gasteiger partial charge in [-0.05, 0) is 42.7 Å². The molecule has 0 aliphatic heterocycles. The molecule has 0 unspecified atom stereocenters. The number of nitriles is 1. The van der Waals surface area contributed by atoms with Crippen LogP contribution in [0.1, 0.15) is 22.3 Å². The fourth-order valence-electron chi connectivity index (χ4n) is 1.51. The molecule has 104 valence electrons. The Labute approximate surface area is 118 Å². The summed E-state index contributed by atoms with van der Waals surface area (Å²) in [7, 11) is 0. The van der Waals surface area contributed by atoms with Crippen molar-refractivity contribution in [1.29, 1.82) is 5.26 Å². The molecule has 0 amide bonds. The lowest BCUT2D eigenvalue weighted by molar-refractivity contribution is 1.03. The van der Waals surface area contributed by atoms with E-state index in [9.17, 15) is 0 Å². The van der Waals surface area contributed by atoms with Gasteiger partial charge in [0.1, 0.15) is 17.7 Å². The van der Waals surface area contributed by atoms with E-state index >= 15 is 0 Å². The van der Waals surface area contributed by atoms with Crippen LogP contribution in [-0.4, -0.2) is 9.97 Å². The normalized spacial score (nSPS) is 9.30. The van der Waals surface area contributed by atoms with Crippen LogP contribution in [0, 0.1) is 25.2 Å². The molecule has 2 aromatic rings. The highest BCUT2D eigenvalue weighted by molar-refractivity contribution is 5.41. The Morgan fingerprint density at radius 2 is 1.60 bits per heavy atom. The Hall–Kier alpha value is -2.65. The molecule has 0 atom stereocenters. The van der Waals surface area contributed by atoms with Gasteiger partial charge in [0.2, 0.25) is 0 Å². The van der Waals surface area contributed by atoms with Gasteiger partial charge in [-0.15, -0.1) is 0 Å². The molecule has 0 fully saturated rings. The van der Waals surface area contributed by atoms with E-state index in [-0.39, 0.29) is 0 Å². The van der Waals surface area contributed by atoms with Crippen LogP contribution in [0.15, 0.2) is 24.5 Å². The zero-order valence-electron chi connectivity index (χ0n) is 11.6. The lowest BCUT2D eigenvalue weighted by Crippen LogP contribution is -2.01. The summed E-state index contributed by atoms with van der Waals surface area (Å²) in [5, 5.41) is 8.48. The second-order valence-corrected chi connectivity index (χ2v) is 4.28. The predicted molar refractivity (Wildman–Crippen MR) is 79.4 cm³/mol. The molecule has 0 spiro atoms. The van der Waals surface area contributed by atoms with Gasteiger partial charge in [0, 0.05) is 18.9 Å². The van der Waals surface area contributed by atoms with Crippen molar-refractivity contribution in [2.75, 3.05) is 11.5 Å². The van der Waals surface area contributed by atoms with E-state index in [2.05, 4.69) is 9.97 Å². The number of anilines is 2. The van der Waals surface area contributed by atoms with Crippen LogP contribution in [0.5, 0.6) is 0 Å². The lowest BCUT2D eigenvalue weighted by atomic mass is 10.1. The largest absolute Gasteiger partial charge is 0.384 e. The maximum atomic E-state index is 8.48. The fourth-order valence-corrected chi connectivity index (χ4v) is 1.51. The number of aromatic nitrogens is 2. The predicted octanol–water partition coefficient (Wildman–Crippen LogP) is 1.27. The smallest absolute Gasteiger partial charge is 0.123 e. The molecule has 20 heavy (non-hydrogen) atoms. The topological polar surface area (TPSA) is 128 Å². The van der Waals surface area contributed by atoms with E-state index in [0.717, 1.165) is 16.7 Å². The average Bonchev–Trinajstić information content (AvgIpc) is 2.40. The third kappa shape index (κ3) is 4.23. The number of hydrogen-bond donors (Lipinski definition) is 3. The van der Waals surface area contributed by atoms with Crippen LogP contribution >= 0.6 is 0 Å². The minimum atomic E-state index is 0.455. The molecule has 0 radical (unpaired) electrons. The number of aryl methyl sites for hydroxylation is 2. The molecule has 0 aromatic carbocycles. The summed E-state index contributed by atoms with van der Waals surface area (Å²) in [5.41, 5.74) is 19.8. The minimum absolute atomic E-state index is 0.455. The first-order valence-corrected chi connectivity index (χ1v) is 6.01. The molecule has 0 bridgehead atoms. The van der Waals surface area contributed by atoms with Crippen LogP contribution in [0.3, 0.4) is 0 Å². The zero-order valence-corrected chi connectivity index (χ0v) is 11.6. The van der Waals surface area contributed by atoms with Crippen LogP contribution in [0.25, 0.3) is 0 Å². The first-order chi connectivity index (χ1) is 9.47. The Bertz CT molecular complexity index is 630. The summed E-state index contributed by atoms with van der Waals surface area (Å²) >= 11 is 0. The Morgan fingerprint density at radius 3 is 2.05 bits per heavy atom. The van der Waals surface area contributed by atoms with Gasteiger partial charge in [-0.1, -0.05) is 0 Å². The van der Waals surface area contributed by atoms with Crippen LogP contribution in [0.2, 0.25) is 0 Å². The van der Waals surface area contributed by atoms with Crippen molar-refractivity contribution in [3.63, 3.8) is 0 Å². The maximum absolute atomic E-state index is 8.48. The zero-order chi connectivity index (χ0) is 15.1. The van der Waals surface area contributed by atoms with Gasteiger partial charge in [0.25, 0.3) is 0 Å². The van der Waals surface area contributed by atoms with Crippen molar-refractivity contribution in [3.05, 3.63) is 46.8 Å². The second kappa shape index (κ2) is 7.07. The van der Waals surface area contributed by atoms with Crippen molar-refractivity contribution in [2.24, 2.45) is 5.73 Å². The molecule has 6 heteroatoms.